The molecule has 3 rings (SSSR count). The number of rotatable bonds is 3. The molecule has 1 atom stereocenters. The molecule has 0 aliphatic carbocycles. The van der Waals surface area contributed by atoms with Crippen LogP contribution in [0.3, 0.4) is 0 Å². The second-order valence-electron chi connectivity index (χ2n) is 5.41. The summed E-state index contributed by atoms with van der Waals surface area (Å²) in [7, 11) is 0. The molecule has 1 aliphatic rings. The van der Waals surface area contributed by atoms with Gasteiger partial charge in [-0.3, -0.25) is 4.79 Å². The van der Waals surface area contributed by atoms with Crippen LogP contribution < -0.4 is 0 Å². The Labute approximate surface area is 145 Å². The highest BCUT2D eigenvalue weighted by molar-refractivity contribution is 7.99. The fourth-order valence-electron chi connectivity index (χ4n) is 2.79. The maximum atomic E-state index is 12.8. The number of amides is 1. The standard InChI is InChI=1S/C18H20N2OS2/c1-22-17-15(8-5-10-19-17)18(21)20-11-9-16(23-13-12-20)14-6-3-2-4-7-14/h2-8,10,16H,9,11-13H2,1H3. The normalized spacial score (nSPS) is 18.5. The van der Waals surface area contributed by atoms with Gasteiger partial charge in [-0.2, -0.15) is 11.8 Å². The minimum Gasteiger partial charge on any atom is -0.338 e. The van der Waals surface area contributed by atoms with Crippen LogP contribution in [0.25, 0.3) is 0 Å². The topological polar surface area (TPSA) is 33.2 Å². The Morgan fingerprint density at radius 2 is 2.04 bits per heavy atom. The van der Waals surface area contributed by atoms with E-state index in [2.05, 4.69) is 29.2 Å². The van der Waals surface area contributed by atoms with E-state index in [1.807, 2.05) is 41.1 Å². The monoisotopic (exact) mass is 344 g/mol. The van der Waals surface area contributed by atoms with Crippen molar-refractivity contribution in [3.8, 4) is 0 Å². The fourth-order valence-corrected chi connectivity index (χ4v) is 4.57. The third-order valence-electron chi connectivity index (χ3n) is 3.99. The van der Waals surface area contributed by atoms with Gasteiger partial charge in [0.05, 0.1) is 5.56 Å². The summed E-state index contributed by atoms with van der Waals surface area (Å²) < 4.78 is 0. The summed E-state index contributed by atoms with van der Waals surface area (Å²) in [5, 5.41) is 1.29. The van der Waals surface area contributed by atoms with Crippen molar-refractivity contribution in [2.24, 2.45) is 0 Å². The molecule has 1 fully saturated rings. The van der Waals surface area contributed by atoms with Crippen molar-refractivity contribution < 1.29 is 4.79 Å². The van der Waals surface area contributed by atoms with Crippen LogP contribution in [-0.2, 0) is 0 Å². The predicted octanol–water partition coefficient (Wildman–Crippen LogP) is 4.12. The molecule has 0 bridgehead atoms. The molecular weight excluding hydrogens is 324 g/mol. The second-order valence-corrected chi connectivity index (χ2v) is 7.52. The summed E-state index contributed by atoms with van der Waals surface area (Å²) in [4.78, 5) is 19.1. The number of hydrogen-bond acceptors (Lipinski definition) is 4. The summed E-state index contributed by atoms with van der Waals surface area (Å²) in [5.41, 5.74) is 2.08. The Kier molecular flexibility index (Phi) is 5.62. The molecule has 2 aromatic rings. The first kappa shape index (κ1) is 16.4. The van der Waals surface area contributed by atoms with E-state index in [9.17, 15) is 4.79 Å². The van der Waals surface area contributed by atoms with Crippen LogP contribution in [0.15, 0.2) is 53.7 Å². The number of benzene rings is 1. The molecule has 1 amide bonds. The van der Waals surface area contributed by atoms with E-state index >= 15 is 0 Å². The van der Waals surface area contributed by atoms with Gasteiger partial charge >= 0.3 is 0 Å². The minimum absolute atomic E-state index is 0.108. The van der Waals surface area contributed by atoms with Gasteiger partial charge in [-0.25, -0.2) is 4.98 Å². The van der Waals surface area contributed by atoms with Crippen molar-refractivity contribution in [2.45, 2.75) is 16.7 Å². The summed E-state index contributed by atoms with van der Waals surface area (Å²) in [6.07, 6.45) is 4.70. The molecule has 0 spiro atoms. The Hall–Kier alpha value is -1.46. The summed E-state index contributed by atoms with van der Waals surface area (Å²) in [6, 6.07) is 14.3. The molecule has 1 aromatic carbocycles. The van der Waals surface area contributed by atoms with Crippen molar-refractivity contribution in [2.75, 3.05) is 25.1 Å². The average Bonchev–Trinajstić information content (AvgIpc) is 2.88. The Morgan fingerprint density at radius 1 is 1.22 bits per heavy atom. The zero-order valence-electron chi connectivity index (χ0n) is 13.1. The molecule has 0 radical (unpaired) electrons. The third-order valence-corrected chi connectivity index (χ3v) is 6.04. The number of carbonyl (C=O) groups excluding carboxylic acids is 1. The summed E-state index contributed by atoms with van der Waals surface area (Å²) in [6.45, 7) is 1.60. The second kappa shape index (κ2) is 7.88. The van der Waals surface area contributed by atoms with Crippen molar-refractivity contribution in [3.63, 3.8) is 0 Å². The lowest BCUT2D eigenvalue weighted by Gasteiger charge is -2.21. The zero-order valence-corrected chi connectivity index (χ0v) is 14.8. The van der Waals surface area contributed by atoms with Gasteiger partial charge in [0.2, 0.25) is 0 Å². The van der Waals surface area contributed by atoms with E-state index in [4.69, 9.17) is 0 Å². The average molecular weight is 345 g/mol. The molecular formula is C18H20N2OS2. The van der Waals surface area contributed by atoms with Crippen LogP contribution in [0.4, 0.5) is 0 Å². The molecule has 1 aromatic heterocycles. The lowest BCUT2D eigenvalue weighted by molar-refractivity contribution is 0.0762. The van der Waals surface area contributed by atoms with Gasteiger partial charge in [-0.1, -0.05) is 30.3 Å². The lowest BCUT2D eigenvalue weighted by Crippen LogP contribution is -2.33. The van der Waals surface area contributed by atoms with Gasteiger partial charge in [-0.15, -0.1) is 11.8 Å². The largest absolute Gasteiger partial charge is 0.338 e. The van der Waals surface area contributed by atoms with Crippen LogP contribution in [0, 0.1) is 0 Å². The van der Waals surface area contributed by atoms with Gasteiger partial charge in [0.1, 0.15) is 5.03 Å². The van der Waals surface area contributed by atoms with Crippen molar-refractivity contribution in [1.29, 1.82) is 0 Å². The van der Waals surface area contributed by atoms with Gasteiger partial charge in [0, 0.05) is 30.3 Å². The summed E-state index contributed by atoms with van der Waals surface area (Å²) >= 11 is 3.48. The third kappa shape index (κ3) is 3.90. The Morgan fingerprint density at radius 3 is 2.83 bits per heavy atom. The van der Waals surface area contributed by atoms with E-state index in [-0.39, 0.29) is 5.91 Å². The van der Waals surface area contributed by atoms with E-state index in [1.54, 1.807) is 6.20 Å². The quantitative estimate of drug-likeness (QED) is 0.784. The van der Waals surface area contributed by atoms with Crippen LogP contribution in [0.2, 0.25) is 0 Å². The molecule has 120 valence electrons. The number of thioether (sulfide) groups is 2. The van der Waals surface area contributed by atoms with E-state index < -0.39 is 0 Å². The molecule has 5 heteroatoms. The Bertz CT molecular complexity index is 663. The molecule has 3 nitrogen and oxygen atoms in total. The highest BCUT2D eigenvalue weighted by Gasteiger charge is 2.24. The fraction of sp³-hybridized carbons (Fsp3) is 0.333. The van der Waals surface area contributed by atoms with Crippen molar-refractivity contribution in [3.05, 3.63) is 59.8 Å². The van der Waals surface area contributed by atoms with Gasteiger partial charge in [0.25, 0.3) is 5.91 Å². The van der Waals surface area contributed by atoms with Crippen LogP contribution >= 0.6 is 23.5 Å². The van der Waals surface area contributed by atoms with E-state index in [0.717, 1.165) is 35.9 Å². The molecule has 1 aliphatic heterocycles. The number of carbonyl (C=O) groups is 1. The minimum atomic E-state index is 0.108. The molecule has 2 heterocycles. The zero-order chi connectivity index (χ0) is 16.1. The molecule has 0 saturated carbocycles. The maximum Gasteiger partial charge on any atom is 0.256 e. The number of hydrogen-bond donors (Lipinski definition) is 0. The van der Waals surface area contributed by atoms with Crippen molar-refractivity contribution >= 4 is 29.4 Å². The van der Waals surface area contributed by atoms with Crippen LogP contribution in [-0.4, -0.2) is 40.9 Å². The smallest absolute Gasteiger partial charge is 0.256 e. The predicted molar refractivity (Wildman–Crippen MR) is 98.2 cm³/mol. The molecule has 1 saturated heterocycles. The number of aromatic nitrogens is 1. The van der Waals surface area contributed by atoms with Crippen LogP contribution in [0.1, 0.15) is 27.6 Å². The summed E-state index contributed by atoms with van der Waals surface area (Å²) in [5.74, 6) is 1.08. The first-order chi connectivity index (χ1) is 11.3. The van der Waals surface area contributed by atoms with Gasteiger partial charge in [-0.05, 0) is 30.4 Å². The lowest BCUT2D eigenvalue weighted by atomic mass is 10.1. The first-order valence-electron chi connectivity index (χ1n) is 7.74. The van der Waals surface area contributed by atoms with E-state index in [0.29, 0.717) is 5.25 Å². The maximum absolute atomic E-state index is 12.8. The van der Waals surface area contributed by atoms with E-state index in [1.165, 1.54) is 17.3 Å². The molecule has 0 N–H and O–H groups in total. The molecule has 23 heavy (non-hydrogen) atoms. The van der Waals surface area contributed by atoms with Gasteiger partial charge in [0.15, 0.2) is 0 Å². The Balaban J connectivity index is 1.71. The van der Waals surface area contributed by atoms with Crippen molar-refractivity contribution in [1.82, 2.24) is 9.88 Å². The number of nitrogens with zero attached hydrogens (tertiary/aromatic N) is 2. The highest BCUT2D eigenvalue weighted by Crippen LogP contribution is 2.34. The van der Waals surface area contributed by atoms with Crippen LogP contribution in [0.5, 0.6) is 0 Å². The number of pyridine rings is 1. The SMILES string of the molecule is CSc1ncccc1C(=O)N1CCSC(c2ccccc2)CC1. The highest BCUT2D eigenvalue weighted by atomic mass is 32.2. The molecule has 1 unspecified atom stereocenters. The first-order valence-corrected chi connectivity index (χ1v) is 10.0. The van der Waals surface area contributed by atoms with Gasteiger partial charge < -0.3 is 4.90 Å².